The summed E-state index contributed by atoms with van der Waals surface area (Å²) in [7, 11) is 1.27. The van der Waals surface area contributed by atoms with Crippen molar-refractivity contribution < 1.29 is 14.3 Å². The maximum atomic E-state index is 12.2. The highest BCUT2D eigenvalue weighted by Crippen LogP contribution is 2.22. The van der Waals surface area contributed by atoms with Gasteiger partial charge in [0, 0.05) is 12.2 Å². The summed E-state index contributed by atoms with van der Waals surface area (Å²) in [6.07, 6.45) is 0.708. The zero-order chi connectivity index (χ0) is 16.0. The molecule has 1 unspecified atom stereocenters. The van der Waals surface area contributed by atoms with Crippen LogP contribution in [0.25, 0.3) is 0 Å². The van der Waals surface area contributed by atoms with Crippen molar-refractivity contribution in [1.82, 2.24) is 0 Å². The molecule has 1 atom stereocenters. The summed E-state index contributed by atoms with van der Waals surface area (Å²) in [4.78, 5) is 23.7. The first kappa shape index (κ1) is 17.5. The van der Waals surface area contributed by atoms with Crippen molar-refractivity contribution in [2.45, 2.75) is 20.3 Å². The standard InChI is InChI=1S/C15H21ClN2O3/c1-9(2)6-10(8-17)14(19)18-11-4-5-13(16)12(7-11)15(20)21-3/h4-5,7,9-10H,6,8,17H2,1-3H3,(H,18,19). The molecule has 0 aliphatic rings. The highest BCUT2D eigenvalue weighted by atomic mass is 35.5. The van der Waals surface area contributed by atoms with Gasteiger partial charge in [-0.25, -0.2) is 4.79 Å². The van der Waals surface area contributed by atoms with E-state index < -0.39 is 5.97 Å². The summed E-state index contributed by atoms with van der Waals surface area (Å²) in [5, 5.41) is 3.03. The van der Waals surface area contributed by atoms with Crippen LogP contribution in [0, 0.1) is 11.8 Å². The van der Waals surface area contributed by atoms with Crippen LogP contribution in [-0.4, -0.2) is 25.5 Å². The number of benzene rings is 1. The van der Waals surface area contributed by atoms with Gasteiger partial charge in [-0.2, -0.15) is 0 Å². The van der Waals surface area contributed by atoms with Gasteiger partial charge >= 0.3 is 5.97 Å². The number of nitrogens with one attached hydrogen (secondary N) is 1. The van der Waals surface area contributed by atoms with Gasteiger partial charge in [0.15, 0.2) is 0 Å². The molecule has 1 rings (SSSR count). The summed E-state index contributed by atoms with van der Waals surface area (Å²) in [6, 6.07) is 4.67. The highest BCUT2D eigenvalue weighted by Gasteiger charge is 2.19. The fraction of sp³-hybridized carbons (Fsp3) is 0.467. The molecule has 1 aromatic carbocycles. The Balaban J connectivity index is 2.87. The van der Waals surface area contributed by atoms with Gasteiger partial charge in [-0.05, 0) is 30.5 Å². The zero-order valence-electron chi connectivity index (χ0n) is 12.5. The van der Waals surface area contributed by atoms with Crippen molar-refractivity contribution in [2.24, 2.45) is 17.6 Å². The van der Waals surface area contributed by atoms with Crippen molar-refractivity contribution in [2.75, 3.05) is 19.0 Å². The van der Waals surface area contributed by atoms with E-state index in [1.54, 1.807) is 12.1 Å². The van der Waals surface area contributed by atoms with Gasteiger partial charge in [0.2, 0.25) is 5.91 Å². The van der Waals surface area contributed by atoms with Crippen molar-refractivity contribution in [1.29, 1.82) is 0 Å². The number of rotatable bonds is 6. The molecular formula is C15H21ClN2O3. The lowest BCUT2D eigenvalue weighted by Gasteiger charge is -2.17. The Hall–Kier alpha value is -1.59. The maximum Gasteiger partial charge on any atom is 0.339 e. The molecule has 0 spiro atoms. The molecule has 6 heteroatoms. The number of esters is 1. The Kier molecular flexibility index (Phi) is 6.65. The van der Waals surface area contributed by atoms with Gasteiger partial charge in [0.05, 0.1) is 23.6 Å². The maximum absolute atomic E-state index is 12.2. The molecule has 0 radical (unpaired) electrons. The predicted octanol–water partition coefficient (Wildman–Crippen LogP) is 2.69. The normalized spacial score (nSPS) is 12.1. The molecule has 116 valence electrons. The second-order valence-electron chi connectivity index (χ2n) is 5.24. The minimum atomic E-state index is -0.548. The van der Waals surface area contributed by atoms with Crippen LogP contribution in [0.3, 0.4) is 0 Å². The summed E-state index contributed by atoms with van der Waals surface area (Å²) < 4.78 is 4.64. The Bertz CT molecular complexity index is 518. The fourth-order valence-electron chi connectivity index (χ4n) is 1.99. The number of nitrogens with two attached hydrogens (primary N) is 1. The third-order valence-corrected chi connectivity index (χ3v) is 3.38. The van der Waals surface area contributed by atoms with Gasteiger partial charge < -0.3 is 15.8 Å². The second-order valence-corrected chi connectivity index (χ2v) is 5.64. The lowest BCUT2D eigenvalue weighted by atomic mass is 9.96. The third kappa shape index (κ3) is 5.02. The second kappa shape index (κ2) is 8.00. The molecule has 3 N–H and O–H groups in total. The molecule has 0 aliphatic carbocycles. The first-order valence-corrected chi connectivity index (χ1v) is 7.15. The van der Waals surface area contributed by atoms with Crippen LogP contribution >= 0.6 is 11.6 Å². The molecule has 0 aliphatic heterocycles. The van der Waals surface area contributed by atoms with Crippen molar-refractivity contribution in [3.05, 3.63) is 28.8 Å². The van der Waals surface area contributed by atoms with Crippen LogP contribution in [0.1, 0.15) is 30.6 Å². The van der Waals surface area contributed by atoms with Crippen molar-refractivity contribution in [3.63, 3.8) is 0 Å². The molecule has 0 heterocycles. The Morgan fingerprint density at radius 3 is 2.57 bits per heavy atom. The van der Waals surface area contributed by atoms with Gasteiger partial charge in [-0.3, -0.25) is 4.79 Å². The van der Waals surface area contributed by atoms with Gasteiger partial charge in [-0.15, -0.1) is 0 Å². The van der Waals surface area contributed by atoms with Gasteiger partial charge in [0.1, 0.15) is 0 Å². The predicted molar refractivity (Wildman–Crippen MR) is 83.4 cm³/mol. The molecule has 0 saturated carbocycles. The Morgan fingerprint density at radius 1 is 1.38 bits per heavy atom. The number of halogens is 1. The van der Waals surface area contributed by atoms with Crippen LogP contribution in [0.15, 0.2) is 18.2 Å². The molecule has 5 nitrogen and oxygen atoms in total. The Labute approximate surface area is 129 Å². The van der Waals surface area contributed by atoms with E-state index in [1.165, 1.54) is 13.2 Å². The molecule has 0 saturated heterocycles. The lowest BCUT2D eigenvalue weighted by molar-refractivity contribution is -0.120. The summed E-state index contributed by atoms with van der Waals surface area (Å²) >= 11 is 5.93. The molecule has 0 fully saturated rings. The van der Waals surface area contributed by atoms with E-state index in [0.29, 0.717) is 18.0 Å². The number of ether oxygens (including phenoxy) is 1. The van der Waals surface area contributed by atoms with E-state index in [1.807, 2.05) is 13.8 Å². The largest absolute Gasteiger partial charge is 0.465 e. The van der Waals surface area contributed by atoms with Crippen molar-refractivity contribution >= 4 is 29.2 Å². The van der Waals surface area contributed by atoms with E-state index in [4.69, 9.17) is 17.3 Å². The number of methoxy groups -OCH3 is 1. The monoisotopic (exact) mass is 312 g/mol. The summed E-state index contributed by atoms with van der Waals surface area (Å²) in [6.45, 7) is 4.35. The number of anilines is 1. The molecule has 1 aromatic rings. The van der Waals surface area contributed by atoms with Gasteiger partial charge in [-0.1, -0.05) is 25.4 Å². The van der Waals surface area contributed by atoms with Crippen LogP contribution in [0.4, 0.5) is 5.69 Å². The summed E-state index contributed by atoms with van der Waals surface area (Å²) in [5.74, 6) is -0.597. The average molecular weight is 313 g/mol. The molecule has 1 amide bonds. The minimum Gasteiger partial charge on any atom is -0.465 e. The van der Waals surface area contributed by atoms with E-state index in [-0.39, 0.29) is 29.0 Å². The SMILES string of the molecule is COC(=O)c1cc(NC(=O)C(CN)CC(C)C)ccc1Cl. The van der Waals surface area contributed by atoms with Crippen LogP contribution in [-0.2, 0) is 9.53 Å². The molecule has 0 aromatic heterocycles. The zero-order valence-corrected chi connectivity index (χ0v) is 13.2. The number of amides is 1. The first-order chi connectivity index (χ1) is 9.88. The molecular weight excluding hydrogens is 292 g/mol. The Morgan fingerprint density at radius 2 is 2.05 bits per heavy atom. The van der Waals surface area contributed by atoms with Crippen LogP contribution in [0.5, 0.6) is 0 Å². The summed E-state index contributed by atoms with van der Waals surface area (Å²) in [5.41, 5.74) is 6.35. The number of carbonyl (C=O) groups excluding carboxylic acids is 2. The molecule has 0 bridgehead atoms. The molecule has 21 heavy (non-hydrogen) atoms. The first-order valence-electron chi connectivity index (χ1n) is 6.77. The van der Waals surface area contributed by atoms with Crippen LogP contribution in [0.2, 0.25) is 5.02 Å². The number of carbonyl (C=O) groups is 2. The minimum absolute atomic E-state index is 0.163. The average Bonchev–Trinajstić information content (AvgIpc) is 2.45. The topological polar surface area (TPSA) is 81.4 Å². The van der Waals surface area contributed by atoms with E-state index in [0.717, 1.165) is 0 Å². The third-order valence-electron chi connectivity index (χ3n) is 3.05. The van der Waals surface area contributed by atoms with E-state index in [9.17, 15) is 9.59 Å². The number of hydrogen-bond donors (Lipinski definition) is 2. The van der Waals surface area contributed by atoms with E-state index >= 15 is 0 Å². The van der Waals surface area contributed by atoms with Gasteiger partial charge in [0.25, 0.3) is 0 Å². The number of hydrogen-bond acceptors (Lipinski definition) is 4. The van der Waals surface area contributed by atoms with Crippen LogP contribution < -0.4 is 11.1 Å². The highest BCUT2D eigenvalue weighted by molar-refractivity contribution is 6.33. The lowest BCUT2D eigenvalue weighted by Crippen LogP contribution is -2.30. The van der Waals surface area contributed by atoms with Crippen molar-refractivity contribution in [3.8, 4) is 0 Å². The fourth-order valence-corrected chi connectivity index (χ4v) is 2.19. The smallest absolute Gasteiger partial charge is 0.339 e. The van der Waals surface area contributed by atoms with E-state index in [2.05, 4.69) is 10.1 Å². The quantitative estimate of drug-likeness (QED) is 0.791.